The normalized spacial score (nSPS) is 17.5. The van der Waals surface area contributed by atoms with E-state index in [1.54, 1.807) is 43.0 Å². The summed E-state index contributed by atoms with van der Waals surface area (Å²) in [6.45, 7) is 3.35. The number of hydrogen-bond donors (Lipinski definition) is 1. The summed E-state index contributed by atoms with van der Waals surface area (Å²) < 4.78 is 0. The number of nitrogens with zero attached hydrogens (tertiary/aromatic N) is 3. The smallest absolute Gasteiger partial charge is 0.325 e. The lowest BCUT2D eigenvalue weighted by atomic mass is 10.2. The van der Waals surface area contributed by atoms with Gasteiger partial charge in [-0.15, -0.1) is 0 Å². The van der Waals surface area contributed by atoms with E-state index < -0.39 is 36.3 Å². The third-order valence-electron chi connectivity index (χ3n) is 4.44. The third-order valence-corrected chi connectivity index (χ3v) is 4.44. The zero-order valence-corrected chi connectivity index (χ0v) is 15.1. The Hall–Kier alpha value is -3.23. The molecule has 2 fully saturated rings. The maximum absolute atomic E-state index is 12.2. The average Bonchev–Trinajstić information content (AvgIpc) is 3.13. The molecule has 1 aromatic carbocycles. The highest BCUT2D eigenvalue weighted by Crippen LogP contribution is 2.23. The van der Waals surface area contributed by atoms with E-state index >= 15 is 0 Å². The SMILES string of the molecule is CC(C)N1C(=O)C(=O)N(CC(=O)Nc2ccc(N3CCCC3=O)cc2)C1=O. The Morgan fingerprint density at radius 2 is 1.74 bits per heavy atom. The first-order valence-electron chi connectivity index (χ1n) is 8.69. The molecule has 0 spiro atoms. The number of benzene rings is 1. The van der Waals surface area contributed by atoms with Gasteiger partial charge in [-0.25, -0.2) is 9.69 Å². The van der Waals surface area contributed by atoms with Crippen molar-refractivity contribution in [3.63, 3.8) is 0 Å². The Morgan fingerprint density at radius 1 is 1.07 bits per heavy atom. The molecular formula is C18H20N4O5. The molecular weight excluding hydrogens is 352 g/mol. The fraction of sp³-hybridized carbons (Fsp3) is 0.389. The summed E-state index contributed by atoms with van der Waals surface area (Å²) in [7, 11) is 0. The monoisotopic (exact) mass is 372 g/mol. The summed E-state index contributed by atoms with van der Waals surface area (Å²) in [5, 5.41) is 2.58. The molecule has 0 unspecified atom stereocenters. The van der Waals surface area contributed by atoms with Crippen molar-refractivity contribution in [1.29, 1.82) is 0 Å². The van der Waals surface area contributed by atoms with Crippen LogP contribution in [-0.2, 0) is 19.2 Å². The van der Waals surface area contributed by atoms with Crippen molar-refractivity contribution in [3.8, 4) is 0 Å². The summed E-state index contributed by atoms with van der Waals surface area (Å²) in [5.74, 6) is -2.47. The molecule has 0 bridgehead atoms. The van der Waals surface area contributed by atoms with Gasteiger partial charge in [0, 0.05) is 30.4 Å². The van der Waals surface area contributed by atoms with E-state index in [4.69, 9.17) is 0 Å². The summed E-state index contributed by atoms with van der Waals surface area (Å²) in [6, 6.07) is 5.45. The van der Waals surface area contributed by atoms with Gasteiger partial charge >= 0.3 is 17.8 Å². The van der Waals surface area contributed by atoms with Gasteiger partial charge < -0.3 is 10.2 Å². The topological polar surface area (TPSA) is 107 Å². The molecule has 0 radical (unpaired) electrons. The number of hydrogen-bond acceptors (Lipinski definition) is 5. The largest absolute Gasteiger partial charge is 0.334 e. The number of amides is 6. The molecule has 27 heavy (non-hydrogen) atoms. The first-order valence-corrected chi connectivity index (χ1v) is 8.69. The first-order chi connectivity index (χ1) is 12.8. The molecule has 1 aromatic rings. The predicted molar refractivity (Wildman–Crippen MR) is 95.7 cm³/mol. The van der Waals surface area contributed by atoms with Gasteiger partial charge in [-0.1, -0.05) is 0 Å². The van der Waals surface area contributed by atoms with Gasteiger partial charge in [0.05, 0.1) is 0 Å². The van der Waals surface area contributed by atoms with Gasteiger partial charge in [0.15, 0.2) is 0 Å². The zero-order chi connectivity index (χ0) is 19.7. The number of anilines is 2. The number of carbonyl (C=O) groups excluding carboxylic acids is 5. The molecule has 6 amide bonds. The van der Waals surface area contributed by atoms with E-state index in [9.17, 15) is 24.0 Å². The van der Waals surface area contributed by atoms with Crippen molar-refractivity contribution >= 4 is 41.0 Å². The summed E-state index contributed by atoms with van der Waals surface area (Å²) in [4.78, 5) is 63.0. The van der Waals surface area contributed by atoms with Crippen LogP contribution in [0.2, 0.25) is 0 Å². The minimum absolute atomic E-state index is 0.0669. The van der Waals surface area contributed by atoms with Crippen LogP contribution < -0.4 is 10.2 Å². The number of nitrogens with one attached hydrogen (secondary N) is 1. The molecule has 142 valence electrons. The maximum Gasteiger partial charge on any atom is 0.334 e. The Morgan fingerprint density at radius 3 is 2.26 bits per heavy atom. The third kappa shape index (κ3) is 3.53. The van der Waals surface area contributed by atoms with Crippen LogP contribution in [0.15, 0.2) is 24.3 Å². The predicted octanol–water partition coefficient (Wildman–Crippen LogP) is 0.951. The molecule has 9 nitrogen and oxygen atoms in total. The second-order valence-corrected chi connectivity index (χ2v) is 6.69. The van der Waals surface area contributed by atoms with Crippen LogP contribution in [0.3, 0.4) is 0 Å². The molecule has 9 heteroatoms. The molecule has 1 N–H and O–H groups in total. The highest BCUT2D eigenvalue weighted by atomic mass is 16.2. The quantitative estimate of drug-likeness (QED) is 0.612. The maximum atomic E-state index is 12.2. The van der Waals surface area contributed by atoms with Gasteiger partial charge in [-0.3, -0.25) is 24.1 Å². The van der Waals surface area contributed by atoms with Crippen LogP contribution in [0, 0.1) is 0 Å². The highest BCUT2D eigenvalue weighted by Gasteiger charge is 2.46. The van der Waals surface area contributed by atoms with Crippen LogP contribution >= 0.6 is 0 Å². The number of imide groups is 2. The van der Waals surface area contributed by atoms with Crippen LogP contribution in [-0.4, -0.2) is 58.6 Å². The summed E-state index contributed by atoms with van der Waals surface area (Å²) >= 11 is 0. The van der Waals surface area contributed by atoms with Crippen molar-refractivity contribution in [2.45, 2.75) is 32.7 Å². The van der Waals surface area contributed by atoms with E-state index in [-0.39, 0.29) is 5.91 Å². The Balaban J connectivity index is 1.62. The fourth-order valence-corrected chi connectivity index (χ4v) is 3.11. The lowest BCUT2D eigenvalue weighted by Crippen LogP contribution is -2.40. The molecule has 0 aliphatic carbocycles. The Bertz CT molecular complexity index is 818. The molecule has 2 aliphatic heterocycles. The van der Waals surface area contributed by atoms with E-state index in [2.05, 4.69) is 5.32 Å². The Labute approximate surface area is 155 Å². The lowest BCUT2D eigenvalue weighted by molar-refractivity contribution is -0.144. The lowest BCUT2D eigenvalue weighted by Gasteiger charge is -2.18. The number of urea groups is 1. The van der Waals surface area contributed by atoms with Crippen molar-refractivity contribution in [1.82, 2.24) is 9.80 Å². The van der Waals surface area contributed by atoms with Crippen LogP contribution in [0.4, 0.5) is 16.2 Å². The van der Waals surface area contributed by atoms with Crippen molar-refractivity contribution < 1.29 is 24.0 Å². The zero-order valence-electron chi connectivity index (χ0n) is 15.1. The second kappa shape index (κ2) is 7.18. The van der Waals surface area contributed by atoms with Crippen LogP contribution in [0.5, 0.6) is 0 Å². The van der Waals surface area contributed by atoms with Gasteiger partial charge in [-0.2, -0.15) is 0 Å². The minimum atomic E-state index is -1.01. The van der Waals surface area contributed by atoms with E-state index in [0.717, 1.165) is 17.0 Å². The molecule has 2 aliphatic rings. The second-order valence-electron chi connectivity index (χ2n) is 6.69. The fourth-order valence-electron chi connectivity index (χ4n) is 3.11. The average molecular weight is 372 g/mol. The molecule has 0 atom stereocenters. The summed E-state index contributed by atoms with van der Waals surface area (Å²) in [5.41, 5.74) is 1.21. The van der Waals surface area contributed by atoms with E-state index in [1.807, 2.05) is 0 Å². The van der Waals surface area contributed by atoms with Crippen LogP contribution in [0.25, 0.3) is 0 Å². The number of rotatable bonds is 5. The molecule has 2 heterocycles. The van der Waals surface area contributed by atoms with Crippen molar-refractivity contribution in [2.24, 2.45) is 0 Å². The first kappa shape index (κ1) is 18.6. The molecule has 0 saturated carbocycles. The molecule has 3 rings (SSSR count). The van der Waals surface area contributed by atoms with Gasteiger partial charge in [-0.05, 0) is 44.5 Å². The summed E-state index contributed by atoms with van der Waals surface area (Å²) in [6.07, 6.45) is 1.35. The van der Waals surface area contributed by atoms with Gasteiger partial charge in [0.2, 0.25) is 11.8 Å². The molecule has 2 saturated heterocycles. The van der Waals surface area contributed by atoms with Gasteiger partial charge in [0.25, 0.3) is 0 Å². The van der Waals surface area contributed by atoms with Crippen LogP contribution in [0.1, 0.15) is 26.7 Å². The number of carbonyl (C=O) groups is 5. The van der Waals surface area contributed by atoms with Crippen molar-refractivity contribution in [2.75, 3.05) is 23.3 Å². The Kier molecular flexibility index (Phi) is 4.93. The van der Waals surface area contributed by atoms with E-state index in [1.165, 1.54) is 0 Å². The standard InChI is InChI=1S/C18H20N4O5/c1-11(2)22-17(26)16(25)21(18(22)27)10-14(23)19-12-5-7-13(8-6-12)20-9-3-4-15(20)24/h5-8,11H,3-4,9-10H2,1-2H3,(H,19,23). The van der Waals surface area contributed by atoms with Crippen molar-refractivity contribution in [3.05, 3.63) is 24.3 Å². The molecule has 0 aromatic heterocycles. The highest BCUT2D eigenvalue weighted by molar-refractivity contribution is 6.45. The van der Waals surface area contributed by atoms with Gasteiger partial charge in [0.1, 0.15) is 6.54 Å². The van der Waals surface area contributed by atoms with E-state index in [0.29, 0.717) is 23.6 Å². The minimum Gasteiger partial charge on any atom is -0.325 e.